The Labute approximate surface area is 286 Å². The van der Waals surface area contributed by atoms with E-state index in [4.69, 9.17) is 5.11 Å². The van der Waals surface area contributed by atoms with Gasteiger partial charge in [-0.15, -0.1) is 0 Å². The van der Waals surface area contributed by atoms with E-state index in [1.54, 1.807) is 43.9 Å². The van der Waals surface area contributed by atoms with E-state index in [0.29, 0.717) is 51.5 Å². The fourth-order valence-corrected chi connectivity index (χ4v) is 5.41. The Morgan fingerprint density at radius 3 is 1.45 bits per heavy atom. The Morgan fingerprint density at radius 2 is 1.06 bits per heavy atom. The Bertz CT molecular complexity index is 1220. The number of amides is 1. The van der Waals surface area contributed by atoms with Crippen LogP contribution in [0.1, 0.15) is 12.5 Å². The number of nitrogens with zero attached hydrogens (tertiary/aromatic N) is 6. The van der Waals surface area contributed by atoms with Crippen molar-refractivity contribution in [3.05, 3.63) is 29.8 Å². The number of hydrogen-bond donors (Lipinski definition) is 5. The number of benzene rings is 1. The first kappa shape index (κ1) is 41.2. The number of carboxylic acids is 4. The molecule has 0 atom stereocenters. The molecular formula is C32H51N7O10. The molecule has 5 N–H and O–H groups in total. The van der Waals surface area contributed by atoms with Gasteiger partial charge in [0.25, 0.3) is 0 Å². The van der Waals surface area contributed by atoms with Gasteiger partial charge in [0.05, 0.1) is 39.3 Å². The van der Waals surface area contributed by atoms with Crippen LogP contribution >= 0.6 is 0 Å². The van der Waals surface area contributed by atoms with Crippen LogP contribution in [0.5, 0.6) is 0 Å². The summed E-state index contributed by atoms with van der Waals surface area (Å²) in [5.74, 6) is -4.29. The monoisotopic (exact) mass is 693 g/mol. The summed E-state index contributed by atoms with van der Waals surface area (Å²) < 4.78 is 0. The van der Waals surface area contributed by atoms with Crippen molar-refractivity contribution in [3.8, 4) is 0 Å². The lowest BCUT2D eigenvalue weighted by Gasteiger charge is -2.32. The molecule has 0 saturated carbocycles. The first-order valence-electron chi connectivity index (χ1n) is 16.3. The molecule has 0 unspecified atom stereocenters. The summed E-state index contributed by atoms with van der Waals surface area (Å²) in [7, 11) is 1.81. The molecule has 1 aliphatic heterocycles. The summed E-state index contributed by atoms with van der Waals surface area (Å²) in [5, 5.41) is 40.0. The summed E-state index contributed by atoms with van der Waals surface area (Å²) in [6, 6.07) is 6.93. The van der Waals surface area contributed by atoms with Crippen molar-refractivity contribution < 1.29 is 49.2 Å². The van der Waals surface area contributed by atoms with Gasteiger partial charge in [-0.05, 0) is 31.3 Å². The van der Waals surface area contributed by atoms with Crippen molar-refractivity contribution in [1.82, 2.24) is 29.4 Å². The van der Waals surface area contributed by atoms with Crippen LogP contribution in [0.25, 0.3) is 0 Å². The van der Waals surface area contributed by atoms with Gasteiger partial charge in [0.2, 0.25) is 5.91 Å². The van der Waals surface area contributed by atoms with Gasteiger partial charge in [-0.2, -0.15) is 0 Å². The number of nitrogens with one attached hydrogen (secondary N) is 1. The van der Waals surface area contributed by atoms with Gasteiger partial charge in [-0.1, -0.05) is 19.1 Å². The van der Waals surface area contributed by atoms with Crippen LogP contribution in [0.15, 0.2) is 24.3 Å². The first-order chi connectivity index (χ1) is 23.2. The van der Waals surface area contributed by atoms with Crippen LogP contribution in [0, 0.1) is 0 Å². The average Bonchev–Trinajstić information content (AvgIpc) is 3.00. The van der Waals surface area contributed by atoms with Crippen LogP contribution in [-0.2, 0) is 35.2 Å². The van der Waals surface area contributed by atoms with Gasteiger partial charge in [0.15, 0.2) is 5.78 Å². The van der Waals surface area contributed by atoms with Crippen LogP contribution < -0.4 is 5.32 Å². The average molecular weight is 694 g/mol. The number of rotatable bonds is 19. The summed E-state index contributed by atoms with van der Waals surface area (Å²) in [5.41, 5.74) is 1.31. The number of aliphatic carboxylic acids is 4. The molecule has 1 fully saturated rings. The lowest BCUT2D eigenvalue weighted by molar-refractivity contribution is -0.140. The van der Waals surface area contributed by atoms with Crippen LogP contribution in [0.2, 0.25) is 0 Å². The van der Waals surface area contributed by atoms with Crippen LogP contribution in [0.4, 0.5) is 5.69 Å². The molecule has 1 aromatic carbocycles. The number of likely N-dealkylation sites (N-methyl/N-ethyl adjacent to an activating group) is 2. The molecule has 49 heavy (non-hydrogen) atoms. The molecule has 0 aliphatic carbocycles. The lowest BCUT2D eigenvalue weighted by Crippen LogP contribution is -2.49. The maximum atomic E-state index is 13.1. The van der Waals surface area contributed by atoms with E-state index in [-0.39, 0.29) is 83.6 Å². The second kappa shape index (κ2) is 21.9. The number of carbonyl (C=O) groups is 6. The largest absolute Gasteiger partial charge is 0.480 e. The smallest absolute Gasteiger partial charge is 0.317 e. The maximum Gasteiger partial charge on any atom is 0.317 e. The van der Waals surface area contributed by atoms with Gasteiger partial charge < -0.3 is 25.7 Å². The molecule has 1 heterocycles. The predicted octanol–water partition coefficient (Wildman–Crippen LogP) is -1.45. The minimum Gasteiger partial charge on any atom is -0.480 e. The highest BCUT2D eigenvalue weighted by Crippen LogP contribution is 2.11. The van der Waals surface area contributed by atoms with Crippen molar-refractivity contribution in [1.29, 1.82) is 0 Å². The topological polar surface area (TPSA) is 215 Å². The minimum atomic E-state index is -1.03. The third-order valence-corrected chi connectivity index (χ3v) is 8.06. The molecule has 17 heteroatoms. The van der Waals surface area contributed by atoms with Crippen molar-refractivity contribution in [3.63, 3.8) is 0 Å². The highest BCUT2D eigenvalue weighted by Gasteiger charge is 2.21. The third-order valence-electron chi connectivity index (χ3n) is 8.06. The summed E-state index contributed by atoms with van der Waals surface area (Å²) >= 11 is 0. The third kappa shape index (κ3) is 18.4. The van der Waals surface area contributed by atoms with E-state index < -0.39 is 23.9 Å². The molecule has 0 spiro atoms. The molecule has 274 valence electrons. The standard InChI is InChI=1S/C32H51N7O10/c1-3-35(21-29(42)43)9-8-34(2)19-27(40)18-25-4-6-26(7-5-25)33-28(41)20-36-10-12-37(22-30(44)45)14-16-39(24-32(48)49)17-15-38(13-11-36)23-31(46)47/h4-7H,3,8-24H2,1-2H3,(H,33,41)(H,42,43)(H,44,45)(H,46,47)(H,48,49). The highest BCUT2D eigenvalue weighted by molar-refractivity contribution is 5.92. The fourth-order valence-electron chi connectivity index (χ4n) is 5.41. The number of carbonyl (C=O) groups excluding carboxylic acids is 2. The number of Topliss-reactive ketones (excluding diaryl/α,β-unsaturated/α-hetero) is 1. The SMILES string of the molecule is CCN(CCN(C)CC(=O)Cc1ccc(NC(=O)CN2CCN(CC(=O)O)CCN(CC(=O)O)CCN(CC(=O)O)CC2)cc1)CC(=O)O. The second-order valence-corrected chi connectivity index (χ2v) is 12.2. The van der Waals surface area contributed by atoms with Gasteiger partial charge >= 0.3 is 23.9 Å². The Balaban J connectivity index is 1.97. The Kier molecular flexibility index (Phi) is 18.4. The Morgan fingerprint density at radius 1 is 0.633 bits per heavy atom. The van der Waals surface area contributed by atoms with Crippen molar-refractivity contribution >= 4 is 41.3 Å². The van der Waals surface area contributed by atoms with Crippen molar-refractivity contribution in [2.24, 2.45) is 0 Å². The number of anilines is 1. The molecule has 17 nitrogen and oxygen atoms in total. The zero-order valence-electron chi connectivity index (χ0n) is 28.5. The normalized spacial score (nSPS) is 16.2. The van der Waals surface area contributed by atoms with Gasteiger partial charge in [0, 0.05) is 77.6 Å². The molecule has 0 aromatic heterocycles. The van der Waals surface area contributed by atoms with E-state index in [1.807, 2.05) is 23.8 Å². The first-order valence-corrected chi connectivity index (χ1v) is 16.3. The molecule has 1 saturated heterocycles. The molecule has 1 aliphatic rings. The van der Waals surface area contributed by atoms with E-state index in [9.17, 15) is 44.1 Å². The highest BCUT2D eigenvalue weighted by atomic mass is 16.4. The van der Waals surface area contributed by atoms with Gasteiger partial charge in [-0.3, -0.25) is 58.2 Å². The molecule has 2 rings (SSSR count). The zero-order valence-corrected chi connectivity index (χ0v) is 28.5. The minimum absolute atomic E-state index is 0.000602. The molecular weight excluding hydrogens is 642 g/mol. The van der Waals surface area contributed by atoms with Gasteiger partial charge in [-0.25, -0.2) is 0 Å². The lowest BCUT2D eigenvalue weighted by atomic mass is 10.1. The Hall–Kier alpha value is -4.00. The van der Waals surface area contributed by atoms with E-state index in [0.717, 1.165) is 5.56 Å². The van der Waals surface area contributed by atoms with Gasteiger partial charge in [0.1, 0.15) is 0 Å². The summed E-state index contributed by atoms with van der Waals surface area (Å²) in [4.78, 5) is 81.6. The summed E-state index contributed by atoms with van der Waals surface area (Å²) in [6.07, 6.45) is 0.201. The molecule has 0 radical (unpaired) electrons. The van der Waals surface area contributed by atoms with Crippen molar-refractivity contribution in [2.75, 3.05) is 124 Å². The molecule has 0 bridgehead atoms. The number of carboxylic acid groups (broad SMARTS) is 4. The molecule has 1 amide bonds. The number of hydrogen-bond acceptors (Lipinski definition) is 12. The van der Waals surface area contributed by atoms with Crippen molar-refractivity contribution in [2.45, 2.75) is 13.3 Å². The second-order valence-electron chi connectivity index (χ2n) is 12.2. The number of ketones is 1. The summed E-state index contributed by atoms with van der Waals surface area (Å²) in [6.45, 7) is 5.36. The van der Waals surface area contributed by atoms with E-state index in [2.05, 4.69) is 5.32 Å². The van der Waals surface area contributed by atoms with Crippen LogP contribution in [0.3, 0.4) is 0 Å². The fraction of sp³-hybridized carbons (Fsp3) is 0.625. The zero-order chi connectivity index (χ0) is 36.3. The quantitative estimate of drug-likeness (QED) is 0.112. The van der Waals surface area contributed by atoms with Crippen LogP contribution in [-0.4, -0.2) is 204 Å². The van der Waals surface area contributed by atoms with E-state index in [1.165, 1.54) is 0 Å². The van der Waals surface area contributed by atoms with E-state index >= 15 is 0 Å². The molecule has 1 aromatic rings. The maximum absolute atomic E-state index is 13.1. The predicted molar refractivity (Wildman–Crippen MR) is 180 cm³/mol.